The van der Waals surface area contributed by atoms with Crippen LogP contribution < -0.4 is 0 Å². The van der Waals surface area contributed by atoms with Crippen LogP contribution in [0.4, 0.5) is 0 Å². The van der Waals surface area contributed by atoms with Gasteiger partial charge >= 0.3 is 0 Å². The third-order valence-electron chi connectivity index (χ3n) is 6.08. The molecule has 1 heteroatoms. The lowest BCUT2D eigenvalue weighted by atomic mass is 9.94. The van der Waals surface area contributed by atoms with Crippen molar-refractivity contribution in [3.05, 3.63) is 88.7 Å². The van der Waals surface area contributed by atoms with Crippen LogP contribution in [0.5, 0.6) is 0 Å². The van der Waals surface area contributed by atoms with Gasteiger partial charge in [-0.1, -0.05) is 66.2 Å². The van der Waals surface area contributed by atoms with Crippen molar-refractivity contribution in [3.63, 3.8) is 0 Å². The van der Waals surface area contributed by atoms with Gasteiger partial charge in [-0.3, -0.25) is 0 Å². The zero-order chi connectivity index (χ0) is 18.0. The number of furan rings is 1. The van der Waals surface area contributed by atoms with Crippen molar-refractivity contribution in [3.8, 4) is 22.3 Å². The van der Waals surface area contributed by atoms with E-state index in [1.54, 1.807) is 0 Å². The first-order valence-electron chi connectivity index (χ1n) is 9.71. The Labute approximate surface area is 159 Å². The fourth-order valence-electron chi connectivity index (χ4n) is 4.68. The normalized spacial score (nSPS) is 14.6. The van der Waals surface area contributed by atoms with Gasteiger partial charge < -0.3 is 4.42 Å². The Morgan fingerprint density at radius 2 is 1.63 bits per heavy atom. The highest BCUT2D eigenvalue weighted by molar-refractivity contribution is 5.99. The number of benzene rings is 3. The zero-order valence-corrected chi connectivity index (χ0v) is 15.4. The predicted octanol–water partition coefficient (Wildman–Crippen LogP) is 7.02. The Hall–Kier alpha value is -3.06. The highest BCUT2D eigenvalue weighted by atomic mass is 16.3. The first-order valence-corrected chi connectivity index (χ1v) is 9.71. The molecule has 0 amide bonds. The fourth-order valence-corrected chi connectivity index (χ4v) is 4.68. The average Bonchev–Trinajstić information content (AvgIpc) is 3.25. The van der Waals surface area contributed by atoms with Gasteiger partial charge in [-0.2, -0.15) is 0 Å². The van der Waals surface area contributed by atoms with E-state index in [1.165, 1.54) is 49.9 Å². The van der Waals surface area contributed by atoms with Crippen molar-refractivity contribution in [1.82, 2.24) is 0 Å². The van der Waals surface area contributed by atoms with Gasteiger partial charge in [-0.15, -0.1) is 0 Å². The molecule has 27 heavy (non-hydrogen) atoms. The maximum absolute atomic E-state index is 6.37. The monoisotopic (exact) mass is 348 g/mol. The Kier molecular flexibility index (Phi) is 3.05. The van der Waals surface area contributed by atoms with Crippen LogP contribution in [-0.2, 0) is 12.8 Å². The SMILES string of the molecule is CC1=Cc2c(oc3c(-c4ccc5c(c4)-c4ccccc4C5)cccc23)CC1. The van der Waals surface area contributed by atoms with Crippen LogP contribution in [-0.4, -0.2) is 0 Å². The maximum atomic E-state index is 6.37. The quantitative estimate of drug-likeness (QED) is 0.317. The minimum Gasteiger partial charge on any atom is -0.460 e. The minimum atomic E-state index is 1.00. The molecule has 2 aliphatic rings. The van der Waals surface area contributed by atoms with Crippen LogP contribution in [0.25, 0.3) is 39.3 Å². The Morgan fingerprint density at radius 1 is 0.778 bits per heavy atom. The summed E-state index contributed by atoms with van der Waals surface area (Å²) in [6.07, 6.45) is 5.43. The van der Waals surface area contributed by atoms with Gasteiger partial charge in [0.15, 0.2) is 0 Å². The Bertz CT molecular complexity index is 1250. The second-order valence-corrected chi connectivity index (χ2v) is 7.82. The number of rotatable bonds is 1. The molecule has 0 N–H and O–H groups in total. The molecule has 0 saturated heterocycles. The molecule has 0 saturated carbocycles. The molecule has 0 fully saturated rings. The number of aryl methyl sites for hydroxylation is 1. The average molecular weight is 348 g/mol. The van der Waals surface area contributed by atoms with Crippen LogP contribution in [0.15, 0.2) is 70.7 Å². The lowest BCUT2D eigenvalue weighted by molar-refractivity contribution is 0.544. The van der Waals surface area contributed by atoms with E-state index in [0.29, 0.717) is 0 Å². The number of hydrogen-bond donors (Lipinski definition) is 0. The number of fused-ring (bicyclic) bond motifs is 6. The van der Waals surface area contributed by atoms with Gasteiger partial charge in [0.1, 0.15) is 11.3 Å². The smallest absolute Gasteiger partial charge is 0.142 e. The summed E-state index contributed by atoms with van der Waals surface area (Å²) in [5.41, 5.74) is 11.8. The summed E-state index contributed by atoms with van der Waals surface area (Å²) in [4.78, 5) is 0. The largest absolute Gasteiger partial charge is 0.460 e. The van der Waals surface area contributed by atoms with Crippen molar-refractivity contribution in [2.75, 3.05) is 0 Å². The van der Waals surface area contributed by atoms with E-state index in [-0.39, 0.29) is 0 Å². The van der Waals surface area contributed by atoms with Crippen molar-refractivity contribution < 1.29 is 4.42 Å². The maximum Gasteiger partial charge on any atom is 0.142 e. The summed E-state index contributed by atoms with van der Waals surface area (Å²) in [5.74, 6) is 1.13. The van der Waals surface area contributed by atoms with Crippen LogP contribution in [0.2, 0.25) is 0 Å². The lowest BCUT2D eigenvalue weighted by Gasteiger charge is -2.07. The summed E-state index contributed by atoms with van der Waals surface area (Å²) in [5, 5.41) is 1.24. The van der Waals surface area contributed by atoms with E-state index in [4.69, 9.17) is 4.42 Å². The van der Waals surface area contributed by atoms with Crippen LogP contribution in [0, 0.1) is 0 Å². The first-order chi connectivity index (χ1) is 13.3. The molecule has 0 bridgehead atoms. The number of para-hydroxylation sites is 1. The van der Waals surface area contributed by atoms with Gasteiger partial charge in [-0.25, -0.2) is 0 Å². The van der Waals surface area contributed by atoms with Crippen LogP contribution >= 0.6 is 0 Å². The molecule has 0 aliphatic heterocycles. The molecule has 0 unspecified atom stereocenters. The summed E-state index contributed by atoms with van der Waals surface area (Å²) in [6.45, 7) is 2.21. The topological polar surface area (TPSA) is 13.1 Å². The van der Waals surface area contributed by atoms with E-state index in [9.17, 15) is 0 Å². The van der Waals surface area contributed by atoms with Gasteiger partial charge in [0.25, 0.3) is 0 Å². The second-order valence-electron chi connectivity index (χ2n) is 7.82. The highest BCUT2D eigenvalue weighted by Gasteiger charge is 2.21. The van der Waals surface area contributed by atoms with Crippen LogP contribution in [0.1, 0.15) is 35.8 Å². The van der Waals surface area contributed by atoms with Crippen molar-refractivity contribution in [2.24, 2.45) is 0 Å². The molecule has 3 aromatic carbocycles. The molecule has 4 aromatic rings. The molecular weight excluding hydrogens is 328 g/mol. The molecule has 130 valence electrons. The molecule has 0 radical (unpaired) electrons. The van der Waals surface area contributed by atoms with E-state index >= 15 is 0 Å². The highest BCUT2D eigenvalue weighted by Crippen LogP contribution is 2.42. The molecule has 6 rings (SSSR count). The summed E-state index contributed by atoms with van der Waals surface area (Å²) >= 11 is 0. The Balaban J connectivity index is 1.56. The third kappa shape index (κ3) is 2.18. The van der Waals surface area contributed by atoms with Crippen molar-refractivity contribution >= 4 is 17.0 Å². The number of hydrogen-bond acceptors (Lipinski definition) is 1. The fraction of sp³-hybridized carbons (Fsp3) is 0.154. The van der Waals surface area contributed by atoms with E-state index < -0.39 is 0 Å². The van der Waals surface area contributed by atoms with E-state index in [0.717, 1.165) is 30.6 Å². The minimum absolute atomic E-state index is 1.00. The molecule has 2 aliphatic carbocycles. The molecule has 0 spiro atoms. The van der Waals surface area contributed by atoms with Crippen LogP contribution in [0.3, 0.4) is 0 Å². The first kappa shape index (κ1) is 15.0. The number of allylic oxidation sites excluding steroid dienone is 1. The zero-order valence-electron chi connectivity index (χ0n) is 15.4. The van der Waals surface area contributed by atoms with Gasteiger partial charge in [0.05, 0.1) is 0 Å². The molecule has 1 heterocycles. The molecule has 0 atom stereocenters. The summed E-state index contributed by atoms with van der Waals surface area (Å²) in [6, 6.07) is 22.2. The predicted molar refractivity (Wildman–Crippen MR) is 112 cm³/mol. The van der Waals surface area contributed by atoms with E-state index in [1.807, 2.05) is 0 Å². The summed E-state index contributed by atoms with van der Waals surface area (Å²) < 4.78 is 6.37. The van der Waals surface area contributed by atoms with Gasteiger partial charge in [-0.05, 0) is 53.6 Å². The van der Waals surface area contributed by atoms with E-state index in [2.05, 4.69) is 73.7 Å². The summed E-state index contributed by atoms with van der Waals surface area (Å²) in [7, 11) is 0. The van der Waals surface area contributed by atoms with Crippen molar-refractivity contribution in [2.45, 2.75) is 26.2 Å². The van der Waals surface area contributed by atoms with Crippen molar-refractivity contribution in [1.29, 1.82) is 0 Å². The van der Waals surface area contributed by atoms with Gasteiger partial charge in [0.2, 0.25) is 0 Å². The molecule has 1 aromatic heterocycles. The standard InChI is InChI=1S/C26H20O/c1-16-9-12-25-24(13-16)22-8-4-7-21(26(22)27-25)19-11-10-18-14-17-5-2-3-6-20(17)23(18)15-19/h2-8,10-11,13,15H,9,12,14H2,1H3. The van der Waals surface area contributed by atoms with Gasteiger partial charge in [0, 0.05) is 22.9 Å². The second kappa shape index (κ2) is 5.47. The lowest BCUT2D eigenvalue weighted by Crippen LogP contribution is -1.93. The molecular formula is C26H20O. The third-order valence-corrected chi connectivity index (χ3v) is 6.08. The Morgan fingerprint density at radius 3 is 2.59 bits per heavy atom. The molecule has 1 nitrogen and oxygen atoms in total.